The Labute approximate surface area is 109 Å². The zero-order valence-corrected chi connectivity index (χ0v) is 11.4. The zero-order valence-electron chi connectivity index (χ0n) is 9.81. The topological polar surface area (TPSA) is 42.0 Å². The first-order chi connectivity index (χ1) is 8.21. The molecular weight excluding hydrogens is 252 g/mol. The predicted molar refractivity (Wildman–Crippen MR) is 74.4 cm³/mol. The number of hydrogen-bond acceptors (Lipinski definition) is 3. The second kappa shape index (κ2) is 5.23. The molecule has 2 rings (SSSR count). The molecule has 1 aromatic rings. The molecule has 17 heavy (non-hydrogen) atoms. The van der Waals surface area contributed by atoms with Gasteiger partial charge in [-0.05, 0) is 24.5 Å². The van der Waals surface area contributed by atoms with E-state index < -0.39 is 15.5 Å². The van der Waals surface area contributed by atoms with E-state index in [9.17, 15) is 4.21 Å². The summed E-state index contributed by atoms with van der Waals surface area (Å²) in [5, 5.41) is 3.02. The maximum Gasteiger partial charge on any atom is 0.122 e. The van der Waals surface area contributed by atoms with Crippen molar-refractivity contribution in [1.82, 2.24) is 10.3 Å². The summed E-state index contributed by atoms with van der Waals surface area (Å²) in [5.74, 6) is 0.719. The average molecular weight is 268 g/mol. The molecule has 1 saturated heterocycles. The minimum Gasteiger partial charge on any atom is -0.381 e. The molecule has 0 aromatic carbocycles. The van der Waals surface area contributed by atoms with Crippen molar-refractivity contribution in [3.8, 4) is 0 Å². The van der Waals surface area contributed by atoms with Gasteiger partial charge in [0.25, 0.3) is 0 Å². The smallest absolute Gasteiger partial charge is 0.122 e. The van der Waals surface area contributed by atoms with Crippen molar-refractivity contribution >= 4 is 28.0 Å². The van der Waals surface area contributed by atoms with E-state index >= 15 is 0 Å². The van der Waals surface area contributed by atoms with Gasteiger partial charge in [0.15, 0.2) is 0 Å². The van der Waals surface area contributed by atoms with Crippen molar-refractivity contribution in [2.45, 2.75) is 24.0 Å². The summed E-state index contributed by atoms with van der Waals surface area (Å²) in [6.07, 6.45) is 6.42. The third-order valence-electron chi connectivity index (χ3n) is 3.22. The number of aromatic nitrogens is 1. The zero-order chi connectivity index (χ0) is 12.3. The molecule has 2 heterocycles. The largest absolute Gasteiger partial charge is 0.381 e. The van der Waals surface area contributed by atoms with Crippen LogP contribution in [0.15, 0.2) is 24.5 Å². The molecule has 2 atom stereocenters. The highest BCUT2D eigenvalue weighted by Crippen LogP contribution is 2.38. The number of likely N-dealkylation sites (N-methyl/N-ethyl adjacent to an activating group) is 1. The molecule has 1 aromatic heterocycles. The SMILES string of the molecule is CNC(=S)[C@@]1(c2cccnc2)CCCC[S@@]1=O. The lowest BCUT2D eigenvalue weighted by Crippen LogP contribution is -2.48. The molecule has 5 heteroatoms. The van der Waals surface area contributed by atoms with Crippen molar-refractivity contribution in [3.63, 3.8) is 0 Å². The number of nitrogens with zero attached hydrogens (tertiary/aromatic N) is 1. The van der Waals surface area contributed by atoms with Crippen LogP contribution in [0.2, 0.25) is 0 Å². The van der Waals surface area contributed by atoms with E-state index in [-0.39, 0.29) is 0 Å². The van der Waals surface area contributed by atoms with E-state index in [2.05, 4.69) is 10.3 Å². The predicted octanol–water partition coefficient (Wildman–Crippen LogP) is 1.76. The first-order valence-corrected chi connectivity index (χ1v) is 7.45. The Bertz CT molecular complexity index is 425. The van der Waals surface area contributed by atoms with Crippen LogP contribution in [-0.4, -0.2) is 27.0 Å². The van der Waals surface area contributed by atoms with Gasteiger partial charge in [-0.3, -0.25) is 9.19 Å². The van der Waals surface area contributed by atoms with Gasteiger partial charge in [-0.2, -0.15) is 0 Å². The third kappa shape index (κ3) is 2.13. The molecule has 1 aliphatic heterocycles. The van der Waals surface area contributed by atoms with Gasteiger partial charge in [0.1, 0.15) is 4.75 Å². The fourth-order valence-electron chi connectivity index (χ4n) is 2.32. The van der Waals surface area contributed by atoms with Crippen LogP contribution in [0.5, 0.6) is 0 Å². The molecule has 0 spiro atoms. The molecule has 1 aliphatic rings. The highest BCUT2D eigenvalue weighted by molar-refractivity contribution is 7.90. The van der Waals surface area contributed by atoms with Crippen LogP contribution in [0.3, 0.4) is 0 Å². The molecule has 0 aliphatic carbocycles. The van der Waals surface area contributed by atoms with Crippen LogP contribution in [0.1, 0.15) is 24.8 Å². The Morgan fingerprint density at radius 2 is 2.41 bits per heavy atom. The lowest BCUT2D eigenvalue weighted by Gasteiger charge is -2.36. The second-order valence-corrected chi connectivity index (χ2v) is 6.36. The van der Waals surface area contributed by atoms with Gasteiger partial charge in [0, 0.05) is 36.0 Å². The molecule has 0 unspecified atom stereocenters. The Balaban J connectivity index is 2.50. The Morgan fingerprint density at radius 1 is 1.59 bits per heavy atom. The van der Waals surface area contributed by atoms with Crippen LogP contribution >= 0.6 is 12.2 Å². The Hall–Kier alpha value is -0.810. The highest BCUT2D eigenvalue weighted by atomic mass is 32.2. The minimum absolute atomic E-state index is 0.531. The van der Waals surface area contributed by atoms with E-state index in [0.29, 0.717) is 4.99 Å². The fraction of sp³-hybridized carbons (Fsp3) is 0.500. The first-order valence-electron chi connectivity index (χ1n) is 5.73. The van der Waals surface area contributed by atoms with Gasteiger partial charge in [-0.25, -0.2) is 0 Å². The molecule has 1 N–H and O–H groups in total. The molecule has 92 valence electrons. The summed E-state index contributed by atoms with van der Waals surface area (Å²) in [5.41, 5.74) is 0.970. The summed E-state index contributed by atoms with van der Waals surface area (Å²) >= 11 is 5.41. The van der Waals surface area contributed by atoms with Gasteiger partial charge in [0.05, 0.1) is 4.99 Å². The number of hydrogen-bond donors (Lipinski definition) is 1. The maximum atomic E-state index is 12.5. The fourth-order valence-corrected chi connectivity index (χ4v) is 4.70. The van der Waals surface area contributed by atoms with Gasteiger partial charge < -0.3 is 5.32 Å². The Morgan fingerprint density at radius 3 is 3.00 bits per heavy atom. The average Bonchev–Trinajstić information content (AvgIpc) is 2.39. The van der Waals surface area contributed by atoms with Crippen LogP contribution < -0.4 is 5.32 Å². The van der Waals surface area contributed by atoms with Crippen LogP contribution in [0.4, 0.5) is 0 Å². The van der Waals surface area contributed by atoms with Crippen molar-refractivity contribution in [1.29, 1.82) is 0 Å². The number of thiocarbonyl (C=S) groups is 1. The molecular formula is C12H16N2OS2. The number of rotatable bonds is 2. The van der Waals surface area contributed by atoms with Gasteiger partial charge in [-0.15, -0.1) is 0 Å². The van der Waals surface area contributed by atoms with Gasteiger partial charge >= 0.3 is 0 Å². The third-order valence-corrected chi connectivity index (χ3v) is 5.98. The van der Waals surface area contributed by atoms with Crippen LogP contribution in [-0.2, 0) is 15.5 Å². The lowest BCUT2D eigenvalue weighted by atomic mass is 9.93. The number of pyridine rings is 1. The maximum absolute atomic E-state index is 12.5. The van der Waals surface area contributed by atoms with Crippen LogP contribution in [0, 0.1) is 0 Å². The number of nitrogens with one attached hydrogen (secondary N) is 1. The van der Waals surface area contributed by atoms with E-state index in [4.69, 9.17) is 12.2 Å². The van der Waals surface area contributed by atoms with Crippen molar-refractivity contribution < 1.29 is 4.21 Å². The summed E-state index contributed by atoms with van der Waals surface area (Å²) in [6.45, 7) is 0. The minimum atomic E-state index is -0.961. The molecule has 1 fully saturated rings. The molecule has 0 amide bonds. The first kappa shape index (κ1) is 12.6. The second-order valence-electron chi connectivity index (χ2n) is 4.15. The summed E-state index contributed by atoms with van der Waals surface area (Å²) in [4.78, 5) is 4.80. The lowest BCUT2D eigenvalue weighted by molar-refractivity contribution is 0.573. The molecule has 3 nitrogen and oxygen atoms in total. The van der Waals surface area contributed by atoms with Crippen molar-refractivity contribution in [2.24, 2.45) is 0 Å². The molecule has 0 saturated carbocycles. The van der Waals surface area contributed by atoms with Gasteiger partial charge in [0.2, 0.25) is 0 Å². The summed E-state index contributed by atoms with van der Waals surface area (Å²) < 4.78 is 11.9. The van der Waals surface area contributed by atoms with E-state index in [1.807, 2.05) is 12.1 Å². The monoisotopic (exact) mass is 268 g/mol. The molecule has 0 bridgehead atoms. The quantitative estimate of drug-likeness (QED) is 0.830. The Kier molecular flexibility index (Phi) is 3.89. The molecule has 0 radical (unpaired) electrons. The summed E-state index contributed by atoms with van der Waals surface area (Å²) in [7, 11) is 0.837. The highest BCUT2D eigenvalue weighted by Gasteiger charge is 2.44. The van der Waals surface area contributed by atoms with E-state index in [0.717, 1.165) is 30.6 Å². The summed E-state index contributed by atoms with van der Waals surface area (Å²) in [6, 6.07) is 3.85. The van der Waals surface area contributed by atoms with Gasteiger partial charge in [-0.1, -0.05) is 24.7 Å². The van der Waals surface area contributed by atoms with Crippen molar-refractivity contribution in [3.05, 3.63) is 30.1 Å². The van der Waals surface area contributed by atoms with Crippen molar-refractivity contribution in [2.75, 3.05) is 12.8 Å². The van der Waals surface area contributed by atoms with E-state index in [1.54, 1.807) is 19.4 Å². The standard InChI is InChI=1S/C12H16N2OS2/c1-13-11(16)12(6-2-3-8-17(12)15)10-5-4-7-14-9-10/h4-5,7,9H,2-3,6,8H2,1H3,(H,13,16)/t12-,17-/m0/s1. The normalized spacial score (nSPS) is 28.6. The van der Waals surface area contributed by atoms with E-state index in [1.165, 1.54) is 0 Å². The van der Waals surface area contributed by atoms with Crippen LogP contribution in [0.25, 0.3) is 0 Å².